The number of fused-ring (bicyclic) bond motifs is 1. The highest BCUT2D eigenvalue weighted by Gasteiger charge is 2.23. The summed E-state index contributed by atoms with van der Waals surface area (Å²) in [6.07, 6.45) is 10.4. The molecule has 176 valence electrons. The van der Waals surface area contributed by atoms with E-state index in [0.717, 1.165) is 79.5 Å². The minimum atomic E-state index is -0.0270. The molecule has 0 spiro atoms. The molecule has 0 unspecified atom stereocenters. The molecule has 34 heavy (non-hydrogen) atoms. The van der Waals surface area contributed by atoms with Gasteiger partial charge in [0.05, 0.1) is 11.0 Å². The summed E-state index contributed by atoms with van der Waals surface area (Å²) in [4.78, 5) is 33.2. The van der Waals surface area contributed by atoms with Gasteiger partial charge in [-0.2, -0.15) is 0 Å². The van der Waals surface area contributed by atoms with Gasteiger partial charge in [0.15, 0.2) is 0 Å². The number of aromatic amines is 1. The molecule has 6 heteroatoms. The van der Waals surface area contributed by atoms with Crippen LogP contribution in [0.2, 0.25) is 0 Å². The van der Waals surface area contributed by atoms with E-state index in [1.165, 1.54) is 0 Å². The van der Waals surface area contributed by atoms with E-state index in [0.29, 0.717) is 11.5 Å². The average molecular weight is 457 g/mol. The zero-order valence-electron chi connectivity index (χ0n) is 19.5. The molecular weight excluding hydrogens is 424 g/mol. The summed E-state index contributed by atoms with van der Waals surface area (Å²) in [6.45, 7) is 3.88. The van der Waals surface area contributed by atoms with Crippen LogP contribution in [0.25, 0.3) is 22.4 Å². The van der Waals surface area contributed by atoms with Crippen LogP contribution in [0.5, 0.6) is 0 Å². The summed E-state index contributed by atoms with van der Waals surface area (Å²) in [5, 5.41) is 6.22. The molecule has 2 aliphatic carbocycles. The predicted octanol–water partition coefficient (Wildman–Crippen LogP) is 5.83. The van der Waals surface area contributed by atoms with Gasteiger partial charge in [0, 0.05) is 28.8 Å². The number of nitrogens with one attached hydrogen (secondary N) is 3. The Bertz CT molecular complexity index is 1180. The number of imidazole rings is 1. The molecule has 0 aliphatic heterocycles. The minimum Gasteiger partial charge on any atom is -0.349 e. The Hall–Kier alpha value is -3.41. The number of amides is 2. The number of carbonyl (C=O) groups is 2. The molecule has 2 saturated carbocycles. The highest BCUT2D eigenvalue weighted by Crippen LogP contribution is 2.28. The Morgan fingerprint density at radius 2 is 1.71 bits per heavy atom. The van der Waals surface area contributed by atoms with Crippen molar-refractivity contribution in [2.75, 3.05) is 5.32 Å². The highest BCUT2D eigenvalue weighted by molar-refractivity contribution is 5.96. The van der Waals surface area contributed by atoms with E-state index in [-0.39, 0.29) is 23.8 Å². The van der Waals surface area contributed by atoms with Crippen LogP contribution in [0, 0.1) is 11.8 Å². The van der Waals surface area contributed by atoms with E-state index in [1.807, 2.05) is 48.5 Å². The number of nitrogens with zero attached hydrogens (tertiary/aromatic N) is 1. The fraction of sp³-hybridized carbons (Fsp3) is 0.393. The average Bonchev–Trinajstić information content (AvgIpc) is 3.55. The van der Waals surface area contributed by atoms with Gasteiger partial charge in [0.2, 0.25) is 5.91 Å². The van der Waals surface area contributed by atoms with Crippen molar-refractivity contribution in [2.24, 2.45) is 11.8 Å². The van der Waals surface area contributed by atoms with Crippen molar-refractivity contribution in [3.63, 3.8) is 0 Å². The van der Waals surface area contributed by atoms with Crippen molar-refractivity contribution in [3.8, 4) is 11.4 Å². The summed E-state index contributed by atoms with van der Waals surface area (Å²) in [7, 11) is 0. The van der Waals surface area contributed by atoms with Crippen LogP contribution in [-0.4, -0.2) is 27.8 Å². The van der Waals surface area contributed by atoms with E-state index in [4.69, 9.17) is 0 Å². The lowest BCUT2D eigenvalue weighted by Crippen LogP contribution is -2.37. The molecule has 0 atom stereocenters. The normalized spacial score (nSPS) is 20.8. The van der Waals surface area contributed by atoms with E-state index in [9.17, 15) is 9.59 Å². The topological polar surface area (TPSA) is 86.9 Å². The van der Waals surface area contributed by atoms with Crippen LogP contribution in [0.4, 0.5) is 5.69 Å². The molecule has 3 aromatic rings. The number of benzene rings is 2. The monoisotopic (exact) mass is 456 g/mol. The van der Waals surface area contributed by atoms with Crippen molar-refractivity contribution in [1.29, 1.82) is 0 Å². The number of H-pyrrole nitrogens is 1. The molecule has 1 heterocycles. The maximum atomic E-state index is 12.7. The zero-order valence-corrected chi connectivity index (χ0v) is 19.5. The molecule has 6 nitrogen and oxygen atoms in total. The van der Waals surface area contributed by atoms with Crippen molar-refractivity contribution < 1.29 is 9.59 Å². The third kappa shape index (κ3) is 4.91. The maximum Gasteiger partial charge on any atom is 0.251 e. The van der Waals surface area contributed by atoms with Gasteiger partial charge in [0.25, 0.3) is 5.91 Å². The summed E-state index contributed by atoms with van der Waals surface area (Å²) >= 11 is 0. The first-order valence-corrected chi connectivity index (χ1v) is 12.4. The molecule has 2 amide bonds. The van der Waals surface area contributed by atoms with Crippen molar-refractivity contribution in [3.05, 3.63) is 60.7 Å². The van der Waals surface area contributed by atoms with Gasteiger partial charge in [-0.3, -0.25) is 9.59 Å². The molecule has 2 fully saturated rings. The van der Waals surface area contributed by atoms with E-state index < -0.39 is 0 Å². The quantitative estimate of drug-likeness (QED) is 0.408. The first kappa shape index (κ1) is 22.4. The van der Waals surface area contributed by atoms with Crippen LogP contribution in [0.1, 0.15) is 61.7 Å². The van der Waals surface area contributed by atoms with Gasteiger partial charge in [-0.1, -0.05) is 31.1 Å². The molecule has 2 aromatic carbocycles. The van der Waals surface area contributed by atoms with Gasteiger partial charge in [-0.15, -0.1) is 6.58 Å². The second-order valence-electron chi connectivity index (χ2n) is 9.69. The fourth-order valence-corrected chi connectivity index (χ4v) is 5.20. The fourth-order valence-electron chi connectivity index (χ4n) is 5.20. The number of allylic oxidation sites excluding steroid dienone is 1. The molecule has 1 aromatic heterocycles. The minimum absolute atomic E-state index is 0.0270. The van der Waals surface area contributed by atoms with Crippen LogP contribution in [0.15, 0.2) is 55.1 Å². The first-order valence-electron chi connectivity index (χ1n) is 12.4. The van der Waals surface area contributed by atoms with E-state index in [1.54, 1.807) is 0 Å². The third-order valence-corrected chi connectivity index (χ3v) is 7.34. The SMILES string of the molecule is C=CC1CCC(NC(=O)c2ccc(-c3nc4ccc(NC(=O)C5CCCC5)cc4[nH]3)cc2)CC1. The van der Waals surface area contributed by atoms with Gasteiger partial charge in [-0.05, 0) is 74.8 Å². The van der Waals surface area contributed by atoms with Crippen molar-refractivity contribution >= 4 is 28.5 Å². The zero-order chi connectivity index (χ0) is 23.5. The molecule has 0 radical (unpaired) electrons. The number of hydrogen-bond donors (Lipinski definition) is 3. The number of hydrogen-bond acceptors (Lipinski definition) is 3. The second kappa shape index (κ2) is 9.84. The van der Waals surface area contributed by atoms with Crippen LogP contribution in [0.3, 0.4) is 0 Å². The van der Waals surface area contributed by atoms with Gasteiger partial charge in [-0.25, -0.2) is 4.98 Å². The van der Waals surface area contributed by atoms with Crippen LogP contribution >= 0.6 is 0 Å². The molecular formula is C28H32N4O2. The summed E-state index contributed by atoms with van der Waals surface area (Å²) in [5.74, 6) is 1.53. The van der Waals surface area contributed by atoms with Crippen LogP contribution < -0.4 is 10.6 Å². The van der Waals surface area contributed by atoms with E-state index >= 15 is 0 Å². The standard InChI is InChI=1S/C28H32N4O2/c1-2-18-7-13-22(14-8-18)29-28(34)21-11-9-19(10-12-21)26-31-24-16-15-23(17-25(24)32-26)30-27(33)20-5-3-4-6-20/h2,9-12,15-18,20,22H,1,3-8,13-14H2,(H,29,34)(H,30,33)(H,31,32). The maximum absolute atomic E-state index is 12.7. The summed E-state index contributed by atoms with van der Waals surface area (Å²) in [6, 6.07) is 13.5. The lowest BCUT2D eigenvalue weighted by atomic mass is 9.86. The Morgan fingerprint density at radius 1 is 0.971 bits per heavy atom. The Kier molecular flexibility index (Phi) is 6.48. The molecule has 0 bridgehead atoms. The largest absolute Gasteiger partial charge is 0.349 e. The molecule has 0 saturated heterocycles. The van der Waals surface area contributed by atoms with Crippen molar-refractivity contribution in [2.45, 2.75) is 57.4 Å². The predicted molar refractivity (Wildman–Crippen MR) is 136 cm³/mol. The Labute approximate surface area is 200 Å². The smallest absolute Gasteiger partial charge is 0.251 e. The number of rotatable bonds is 6. The van der Waals surface area contributed by atoms with Gasteiger partial charge >= 0.3 is 0 Å². The lowest BCUT2D eigenvalue weighted by Gasteiger charge is -2.27. The lowest BCUT2D eigenvalue weighted by molar-refractivity contribution is -0.119. The third-order valence-electron chi connectivity index (χ3n) is 7.34. The number of carbonyl (C=O) groups excluding carboxylic acids is 2. The van der Waals surface area contributed by atoms with Gasteiger partial charge in [0.1, 0.15) is 5.82 Å². The van der Waals surface area contributed by atoms with Crippen molar-refractivity contribution in [1.82, 2.24) is 15.3 Å². The van der Waals surface area contributed by atoms with Gasteiger partial charge < -0.3 is 15.6 Å². The van der Waals surface area contributed by atoms with E-state index in [2.05, 4.69) is 27.2 Å². The Balaban J connectivity index is 1.24. The summed E-state index contributed by atoms with van der Waals surface area (Å²) in [5.41, 5.74) is 4.06. The summed E-state index contributed by atoms with van der Waals surface area (Å²) < 4.78 is 0. The molecule has 3 N–H and O–H groups in total. The Morgan fingerprint density at radius 3 is 2.41 bits per heavy atom. The molecule has 2 aliphatic rings. The number of aromatic nitrogens is 2. The van der Waals surface area contributed by atoms with Crippen LogP contribution in [-0.2, 0) is 4.79 Å². The first-order chi connectivity index (χ1) is 16.6. The second-order valence-corrected chi connectivity index (χ2v) is 9.69. The highest BCUT2D eigenvalue weighted by atomic mass is 16.2. The number of anilines is 1. The molecule has 5 rings (SSSR count).